The molecule has 1 saturated carbocycles. The molecule has 1 aliphatic carbocycles. The lowest BCUT2D eigenvalue weighted by Gasteiger charge is -2.45. The van der Waals surface area contributed by atoms with E-state index in [2.05, 4.69) is 11.8 Å². The van der Waals surface area contributed by atoms with Gasteiger partial charge in [0, 0.05) is 25.2 Å². The summed E-state index contributed by atoms with van der Waals surface area (Å²) in [6, 6.07) is 7.39. The molecule has 3 N–H and O–H groups in total. The monoisotopic (exact) mass is 294 g/mol. The van der Waals surface area contributed by atoms with Gasteiger partial charge in [0.25, 0.3) is 0 Å². The summed E-state index contributed by atoms with van der Waals surface area (Å²) in [6.07, 6.45) is 5.28. The largest absolute Gasteiger partial charge is 0.396 e. The summed E-state index contributed by atoms with van der Waals surface area (Å²) in [6.45, 7) is 3.13. The third-order valence-electron chi connectivity index (χ3n) is 4.56. The topological polar surface area (TPSA) is 49.5 Å². The number of benzene rings is 1. The van der Waals surface area contributed by atoms with Crippen LogP contribution < -0.4 is 5.73 Å². The molecule has 0 amide bonds. The number of aliphatic hydroxyl groups excluding tert-OH is 1. The molecule has 1 fully saturated rings. The van der Waals surface area contributed by atoms with Crippen molar-refractivity contribution < 1.29 is 9.50 Å². The lowest BCUT2D eigenvalue weighted by Crippen LogP contribution is -2.49. The Kier molecular flexibility index (Phi) is 6.15. The molecule has 4 heteroatoms. The molecule has 0 aromatic heterocycles. The van der Waals surface area contributed by atoms with Gasteiger partial charge in [-0.05, 0) is 43.4 Å². The molecular formula is C17H27FN2O. The molecule has 21 heavy (non-hydrogen) atoms. The van der Waals surface area contributed by atoms with Gasteiger partial charge in [-0.3, -0.25) is 4.90 Å². The molecule has 2 unspecified atom stereocenters. The van der Waals surface area contributed by atoms with Crippen LogP contribution in [0.1, 0.15) is 50.6 Å². The summed E-state index contributed by atoms with van der Waals surface area (Å²) in [5, 5.41) is 9.16. The van der Waals surface area contributed by atoms with Crippen molar-refractivity contribution in [2.24, 2.45) is 5.73 Å². The van der Waals surface area contributed by atoms with Gasteiger partial charge in [-0.1, -0.05) is 25.5 Å². The van der Waals surface area contributed by atoms with Crippen molar-refractivity contribution in [2.45, 2.75) is 57.2 Å². The molecule has 0 bridgehead atoms. The molecule has 0 radical (unpaired) electrons. The minimum Gasteiger partial charge on any atom is -0.396 e. The molecule has 0 aliphatic heterocycles. The van der Waals surface area contributed by atoms with Crippen LogP contribution >= 0.6 is 0 Å². The Morgan fingerprint density at radius 1 is 1.33 bits per heavy atom. The minimum absolute atomic E-state index is 0.0229. The van der Waals surface area contributed by atoms with Gasteiger partial charge in [-0.2, -0.15) is 0 Å². The summed E-state index contributed by atoms with van der Waals surface area (Å²) in [4.78, 5) is 2.43. The maximum absolute atomic E-state index is 13.2. The van der Waals surface area contributed by atoms with Crippen LogP contribution in [-0.2, 0) is 0 Å². The highest BCUT2D eigenvalue weighted by molar-refractivity contribution is 5.22. The Balaban J connectivity index is 2.24. The van der Waals surface area contributed by atoms with E-state index in [1.165, 1.54) is 31.4 Å². The van der Waals surface area contributed by atoms with Crippen LogP contribution in [-0.4, -0.2) is 35.2 Å². The van der Waals surface area contributed by atoms with Gasteiger partial charge >= 0.3 is 0 Å². The maximum Gasteiger partial charge on any atom is 0.123 e. The van der Waals surface area contributed by atoms with Crippen LogP contribution in [0.4, 0.5) is 4.39 Å². The highest BCUT2D eigenvalue weighted by Crippen LogP contribution is 2.34. The van der Waals surface area contributed by atoms with Crippen LogP contribution in [0, 0.1) is 5.82 Å². The van der Waals surface area contributed by atoms with Crippen molar-refractivity contribution in [1.82, 2.24) is 4.90 Å². The molecule has 1 aromatic rings. The molecule has 2 rings (SSSR count). The maximum atomic E-state index is 13.2. The number of nitrogens with zero attached hydrogens (tertiary/aromatic N) is 1. The SMILES string of the molecule is CCC(N)C(c1ccc(F)cc1)N(CCCO)C1CCC1. The predicted molar refractivity (Wildman–Crippen MR) is 83.5 cm³/mol. The summed E-state index contributed by atoms with van der Waals surface area (Å²) in [5.41, 5.74) is 7.46. The second-order valence-corrected chi connectivity index (χ2v) is 5.97. The second kappa shape index (κ2) is 7.87. The van der Waals surface area contributed by atoms with Crippen molar-refractivity contribution >= 4 is 0 Å². The number of hydrogen-bond acceptors (Lipinski definition) is 3. The van der Waals surface area contributed by atoms with Crippen LogP contribution in [0.5, 0.6) is 0 Å². The Morgan fingerprint density at radius 3 is 2.48 bits per heavy atom. The molecule has 2 atom stereocenters. The van der Waals surface area contributed by atoms with E-state index in [1.807, 2.05) is 12.1 Å². The van der Waals surface area contributed by atoms with Gasteiger partial charge in [0.2, 0.25) is 0 Å². The summed E-state index contributed by atoms with van der Waals surface area (Å²) < 4.78 is 13.2. The van der Waals surface area contributed by atoms with E-state index >= 15 is 0 Å². The van der Waals surface area contributed by atoms with Gasteiger partial charge in [0.05, 0.1) is 6.04 Å². The molecule has 0 spiro atoms. The number of aliphatic hydroxyl groups is 1. The Labute approximate surface area is 126 Å². The van der Waals surface area contributed by atoms with Crippen molar-refractivity contribution in [3.8, 4) is 0 Å². The fourth-order valence-corrected chi connectivity index (χ4v) is 3.09. The van der Waals surface area contributed by atoms with Crippen LogP contribution in [0.25, 0.3) is 0 Å². The van der Waals surface area contributed by atoms with E-state index in [9.17, 15) is 4.39 Å². The standard InChI is InChI=1S/C17H27FN2O/c1-2-16(19)17(13-7-9-14(18)10-8-13)20(11-4-12-21)15-5-3-6-15/h7-10,15-17,21H,2-6,11-12,19H2,1H3. The third kappa shape index (κ3) is 4.02. The lowest BCUT2D eigenvalue weighted by atomic mass is 9.86. The quantitative estimate of drug-likeness (QED) is 0.775. The molecule has 1 aromatic carbocycles. The fourth-order valence-electron chi connectivity index (χ4n) is 3.09. The van der Waals surface area contributed by atoms with Crippen molar-refractivity contribution in [1.29, 1.82) is 0 Å². The molecule has 0 heterocycles. The molecule has 118 valence electrons. The second-order valence-electron chi connectivity index (χ2n) is 5.97. The summed E-state index contributed by atoms with van der Waals surface area (Å²) in [7, 11) is 0. The van der Waals surface area contributed by atoms with E-state index in [0.717, 1.165) is 24.9 Å². The van der Waals surface area contributed by atoms with Crippen molar-refractivity contribution in [3.05, 3.63) is 35.6 Å². The first kappa shape index (κ1) is 16.4. The number of nitrogens with two attached hydrogens (primary N) is 1. The van der Waals surface area contributed by atoms with Crippen LogP contribution in [0.15, 0.2) is 24.3 Å². The Bertz CT molecular complexity index is 419. The average Bonchev–Trinajstić information content (AvgIpc) is 2.44. The van der Waals surface area contributed by atoms with Crippen molar-refractivity contribution in [2.75, 3.05) is 13.2 Å². The van der Waals surface area contributed by atoms with E-state index < -0.39 is 0 Å². The predicted octanol–water partition coefficient (Wildman–Crippen LogP) is 2.84. The van der Waals surface area contributed by atoms with E-state index in [-0.39, 0.29) is 24.5 Å². The highest BCUT2D eigenvalue weighted by atomic mass is 19.1. The smallest absolute Gasteiger partial charge is 0.123 e. The van der Waals surface area contributed by atoms with E-state index in [1.54, 1.807) is 0 Å². The van der Waals surface area contributed by atoms with E-state index in [4.69, 9.17) is 10.8 Å². The van der Waals surface area contributed by atoms with Gasteiger partial charge < -0.3 is 10.8 Å². The fraction of sp³-hybridized carbons (Fsp3) is 0.647. The third-order valence-corrected chi connectivity index (χ3v) is 4.56. The lowest BCUT2D eigenvalue weighted by molar-refractivity contribution is 0.0579. The molecular weight excluding hydrogens is 267 g/mol. The van der Waals surface area contributed by atoms with Gasteiger partial charge in [0.1, 0.15) is 5.82 Å². The number of rotatable bonds is 8. The first-order valence-corrected chi connectivity index (χ1v) is 8.05. The summed E-state index contributed by atoms with van der Waals surface area (Å²) >= 11 is 0. The van der Waals surface area contributed by atoms with Crippen LogP contribution in [0.2, 0.25) is 0 Å². The number of halogens is 1. The zero-order valence-corrected chi connectivity index (χ0v) is 12.8. The normalized spacial score (nSPS) is 18.5. The zero-order chi connectivity index (χ0) is 15.2. The minimum atomic E-state index is -0.215. The Hall–Kier alpha value is -0.970. The van der Waals surface area contributed by atoms with Crippen molar-refractivity contribution in [3.63, 3.8) is 0 Å². The van der Waals surface area contributed by atoms with Crippen LogP contribution in [0.3, 0.4) is 0 Å². The average molecular weight is 294 g/mol. The highest BCUT2D eigenvalue weighted by Gasteiger charge is 2.33. The first-order chi connectivity index (χ1) is 10.2. The summed E-state index contributed by atoms with van der Waals surface area (Å²) in [5.74, 6) is -0.215. The van der Waals surface area contributed by atoms with Gasteiger partial charge in [0.15, 0.2) is 0 Å². The molecule has 0 saturated heterocycles. The number of hydrogen-bond donors (Lipinski definition) is 2. The molecule has 3 nitrogen and oxygen atoms in total. The van der Waals surface area contributed by atoms with Gasteiger partial charge in [-0.15, -0.1) is 0 Å². The van der Waals surface area contributed by atoms with Gasteiger partial charge in [-0.25, -0.2) is 4.39 Å². The first-order valence-electron chi connectivity index (χ1n) is 8.05. The molecule has 1 aliphatic rings. The Morgan fingerprint density at radius 2 is 2.00 bits per heavy atom. The zero-order valence-electron chi connectivity index (χ0n) is 12.8. The van der Waals surface area contributed by atoms with E-state index in [0.29, 0.717) is 6.04 Å².